The predicted octanol–water partition coefficient (Wildman–Crippen LogP) is 2.24. The van der Waals surface area contributed by atoms with Crippen molar-refractivity contribution >= 4 is 5.69 Å². The molecule has 0 bridgehead atoms. The number of nitro groups is 1. The van der Waals surface area contributed by atoms with Crippen LogP contribution < -0.4 is 10.1 Å². The maximum atomic E-state index is 10.8. The first-order valence-electron chi connectivity index (χ1n) is 6.52. The van der Waals surface area contributed by atoms with Crippen LogP contribution in [-0.4, -0.2) is 28.3 Å². The number of hydrogen-bond acceptors (Lipinski definition) is 5. The van der Waals surface area contributed by atoms with Crippen LogP contribution in [0.1, 0.15) is 33.3 Å². The van der Waals surface area contributed by atoms with Crippen molar-refractivity contribution < 1.29 is 14.8 Å². The largest absolute Gasteiger partial charge is 0.491 e. The Kier molecular flexibility index (Phi) is 5.47. The molecule has 0 aliphatic rings. The summed E-state index contributed by atoms with van der Waals surface area (Å²) in [7, 11) is 0. The van der Waals surface area contributed by atoms with E-state index in [4.69, 9.17) is 4.74 Å². The number of aliphatic hydroxyl groups is 1. The molecule has 0 saturated heterocycles. The van der Waals surface area contributed by atoms with E-state index in [2.05, 4.69) is 5.32 Å². The van der Waals surface area contributed by atoms with Gasteiger partial charge < -0.3 is 15.2 Å². The zero-order chi connectivity index (χ0) is 15.3. The quantitative estimate of drug-likeness (QED) is 0.617. The van der Waals surface area contributed by atoms with Crippen LogP contribution in [0.4, 0.5) is 5.69 Å². The van der Waals surface area contributed by atoms with Gasteiger partial charge in [0, 0.05) is 29.8 Å². The number of non-ortho nitro benzene ring substituents is 1. The summed E-state index contributed by atoms with van der Waals surface area (Å²) in [5.74, 6) is 0.549. The molecule has 0 fully saturated rings. The molecule has 1 atom stereocenters. The summed E-state index contributed by atoms with van der Waals surface area (Å²) in [5, 5.41) is 23.4. The highest BCUT2D eigenvalue weighted by Gasteiger charge is 2.15. The van der Waals surface area contributed by atoms with E-state index in [1.165, 1.54) is 12.1 Å². The summed E-state index contributed by atoms with van der Waals surface area (Å²) in [4.78, 5) is 10.4. The number of aliphatic hydroxyl groups excluding tert-OH is 1. The maximum Gasteiger partial charge on any atom is 0.270 e. The third kappa shape index (κ3) is 5.54. The molecule has 0 aliphatic carbocycles. The molecule has 6 nitrogen and oxygen atoms in total. The third-order valence-corrected chi connectivity index (χ3v) is 2.54. The molecule has 20 heavy (non-hydrogen) atoms. The number of rotatable bonds is 6. The van der Waals surface area contributed by atoms with Crippen LogP contribution in [0.3, 0.4) is 0 Å². The van der Waals surface area contributed by atoms with Crippen molar-refractivity contribution in [3.8, 4) is 5.75 Å². The predicted molar refractivity (Wildman–Crippen MR) is 76.9 cm³/mol. The first kappa shape index (κ1) is 16.4. The highest BCUT2D eigenvalue weighted by atomic mass is 16.6. The molecule has 1 rings (SSSR count). The Labute approximate surface area is 118 Å². The van der Waals surface area contributed by atoms with Gasteiger partial charge in [-0.15, -0.1) is 0 Å². The highest BCUT2D eigenvalue weighted by Crippen LogP contribution is 2.25. The fourth-order valence-electron chi connectivity index (χ4n) is 1.53. The SMILES string of the molecule is CC(O)COc1ccc([N+](=O)[O-])cc1CNC(C)(C)C. The Hall–Kier alpha value is -1.66. The van der Waals surface area contributed by atoms with Gasteiger partial charge in [-0.3, -0.25) is 10.1 Å². The van der Waals surface area contributed by atoms with Gasteiger partial charge in [0.25, 0.3) is 5.69 Å². The summed E-state index contributed by atoms with van der Waals surface area (Å²) in [6.45, 7) is 8.28. The molecule has 2 N–H and O–H groups in total. The molecule has 1 unspecified atom stereocenters. The smallest absolute Gasteiger partial charge is 0.270 e. The lowest BCUT2D eigenvalue weighted by Crippen LogP contribution is -2.35. The van der Waals surface area contributed by atoms with Gasteiger partial charge in [-0.25, -0.2) is 0 Å². The number of nitrogens with zero attached hydrogens (tertiary/aromatic N) is 1. The first-order chi connectivity index (χ1) is 9.19. The van der Waals surface area contributed by atoms with Crippen LogP contribution in [-0.2, 0) is 6.54 Å². The van der Waals surface area contributed by atoms with Crippen molar-refractivity contribution in [2.45, 2.75) is 45.9 Å². The van der Waals surface area contributed by atoms with Crippen molar-refractivity contribution in [2.75, 3.05) is 6.61 Å². The van der Waals surface area contributed by atoms with Gasteiger partial charge in [0.1, 0.15) is 12.4 Å². The Morgan fingerprint density at radius 1 is 1.45 bits per heavy atom. The Balaban J connectivity index is 2.94. The molecule has 0 aromatic heterocycles. The highest BCUT2D eigenvalue weighted by molar-refractivity contribution is 5.43. The third-order valence-electron chi connectivity index (χ3n) is 2.54. The first-order valence-corrected chi connectivity index (χ1v) is 6.52. The van der Waals surface area contributed by atoms with Gasteiger partial charge in [0.05, 0.1) is 11.0 Å². The molecule has 112 valence electrons. The van der Waals surface area contributed by atoms with Crippen molar-refractivity contribution in [2.24, 2.45) is 0 Å². The van der Waals surface area contributed by atoms with Gasteiger partial charge >= 0.3 is 0 Å². The fraction of sp³-hybridized carbons (Fsp3) is 0.571. The molecule has 0 aliphatic heterocycles. The maximum absolute atomic E-state index is 10.8. The van der Waals surface area contributed by atoms with Gasteiger partial charge in [-0.2, -0.15) is 0 Å². The number of hydrogen-bond donors (Lipinski definition) is 2. The van der Waals surface area contributed by atoms with E-state index in [1.54, 1.807) is 13.0 Å². The zero-order valence-electron chi connectivity index (χ0n) is 12.3. The van der Waals surface area contributed by atoms with Crippen LogP contribution in [0.5, 0.6) is 5.75 Å². The van der Waals surface area contributed by atoms with Gasteiger partial charge in [-0.05, 0) is 33.8 Å². The van der Waals surface area contributed by atoms with Crippen molar-refractivity contribution in [1.82, 2.24) is 5.32 Å². The van der Waals surface area contributed by atoms with E-state index < -0.39 is 11.0 Å². The average Bonchev–Trinajstić information content (AvgIpc) is 2.33. The molecule has 0 amide bonds. The van der Waals surface area contributed by atoms with Crippen molar-refractivity contribution in [3.05, 3.63) is 33.9 Å². The second kappa shape index (κ2) is 6.67. The fourth-order valence-corrected chi connectivity index (χ4v) is 1.53. The monoisotopic (exact) mass is 282 g/mol. The number of nitrogens with one attached hydrogen (secondary N) is 1. The van der Waals surface area contributed by atoms with Crippen molar-refractivity contribution in [3.63, 3.8) is 0 Å². The Bertz CT molecular complexity index is 467. The second-order valence-electron chi connectivity index (χ2n) is 5.81. The van der Waals surface area contributed by atoms with E-state index in [0.29, 0.717) is 17.9 Å². The minimum atomic E-state index is -0.589. The average molecular weight is 282 g/mol. The summed E-state index contributed by atoms with van der Waals surface area (Å²) < 4.78 is 5.49. The topological polar surface area (TPSA) is 84.6 Å². The van der Waals surface area contributed by atoms with Gasteiger partial charge in [0.2, 0.25) is 0 Å². The van der Waals surface area contributed by atoms with Crippen molar-refractivity contribution in [1.29, 1.82) is 0 Å². The number of ether oxygens (including phenoxy) is 1. The number of nitro benzene ring substituents is 1. The summed E-state index contributed by atoms with van der Waals surface area (Å²) >= 11 is 0. The standard InChI is InChI=1S/C14H22N2O4/c1-10(17)9-20-13-6-5-12(16(18)19)7-11(13)8-15-14(2,3)4/h5-7,10,15,17H,8-9H2,1-4H3. The van der Waals surface area contributed by atoms with E-state index in [1.807, 2.05) is 20.8 Å². The van der Waals surface area contributed by atoms with Crippen LogP contribution in [0.2, 0.25) is 0 Å². The molecule has 0 saturated carbocycles. The molecule has 1 aromatic rings. The van der Waals surface area contributed by atoms with E-state index in [-0.39, 0.29) is 17.8 Å². The molecule has 1 aromatic carbocycles. The molecular weight excluding hydrogens is 260 g/mol. The van der Waals surface area contributed by atoms with Crippen LogP contribution in [0.25, 0.3) is 0 Å². The Morgan fingerprint density at radius 2 is 2.10 bits per heavy atom. The molecule has 0 spiro atoms. The zero-order valence-corrected chi connectivity index (χ0v) is 12.3. The minimum absolute atomic E-state index is 0.0279. The van der Waals surface area contributed by atoms with Gasteiger partial charge in [0.15, 0.2) is 0 Å². The summed E-state index contributed by atoms with van der Waals surface area (Å²) in [6.07, 6.45) is -0.589. The summed E-state index contributed by atoms with van der Waals surface area (Å²) in [6, 6.07) is 4.47. The van der Waals surface area contributed by atoms with Gasteiger partial charge in [-0.1, -0.05) is 0 Å². The minimum Gasteiger partial charge on any atom is -0.491 e. The van der Waals surface area contributed by atoms with Crippen LogP contribution in [0.15, 0.2) is 18.2 Å². The Morgan fingerprint density at radius 3 is 2.60 bits per heavy atom. The second-order valence-corrected chi connectivity index (χ2v) is 5.81. The molecule has 0 radical (unpaired) electrons. The van der Waals surface area contributed by atoms with E-state index >= 15 is 0 Å². The molecule has 0 heterocycles. The van der Waals surface area contributed by atoms with Crippen LogP contribution in [0, 0.1) is 10.1 Å². The van der Waals surface area contributed by atoms with E-state index in [0.717, 1.165) is 0 Å². The van der Waals surface area contributed by atoms with Crippen LogP contribution >= 0.6 is 0 Å². The van der Waals surface area contributed by atoms with E-state index in [9.17, 15) is 15.2 Å². The lowest BCUT2D eigenvalue weighted by molar-refractivity contribution is -0.384. The molecule has 6 heteroatoms. The lowest BCUT2D eigenvalue weighted by atomic mass is 10.1. The lowest BCUT2D eigenvalue weighted by Gasteiger charge is -2.21. The normalized spacial score (nSPS) is 13.1. The molecular formula is C14H22N2O4. The summed E-state index contributed by atoms with van der Waals surface area (Å²) in [5.41, 5.74) is 0.626. The number of benzene rings is 1.